The highest BCUT2D eigenvalue weighted by Gasteiger charge is 2.78. The summed E-state index contributed by atoms with van der Waals surface area (Å²) < 4.78 is 140. The lowest BCUT2D eigenvalue weighted by molar-refractivity contribution is -0.151. The Labute approximate surface area is 323 Å². The molecule has 0 radical (unpaired) electrons. The number of alkyl halides is 2. The topological polar surface area (TPSA) is 49.3 Å². The summed E-state index contributed by atoms with van der Waals surface area (Å²) in [4.78, 5) is 14.2. The average Bonchev–Trinajstić information content (AvgIpc) is 3.15. The Morgan fingerprint density at radius 1 is 0.564 bits per heavy atom. The lowest BCUT2D eigenvalue weighted by Gasteiger charge is -2.59. The third kappa shape index (κ3) is 5.71. The Balaban J connectivity index is 1.88. The van der Waals surface area contributed by atoms with Gasteiger partial charge in [-0.1, -0.05) is 91.0 Å². The minimum absolute atomic E-state index is 0.305. The van der Waals surface area contributed by atoms with E-state index in [9.17, 15) is 9.90 Å². The Morgan fingerprint density at radius 2 is 1.02 bits per heavy atom. The molecule has 12 heteroatoms. The molecule has 4 atom stereocenters. The zero-order chi connectivity index (χ0) is 39.3. The summed E-state index contributed by atoms with van der Waals surface area (Å²) in [5, 5.41) is 13.9. The van der Waals surface area contributed by atoms with E-state index >= 15 is 35.1 Å². The molecule has 2 N–H and O–H groups in total. The van der Waals surface area contributed by atoms with Crippen LogP contribution in [0, 0.1) is 44.4 Å². The Bertz CT molecular complexity index is 2510. The van der Waals surface area contributed by atoms with Gasteiger partial charge in [0.05, 0.1) is 5.69 Å². The molecule has 0 saturated carbocycles. The van der Waals surface area contributed by atoms with Gasteiger partial charge in [0.25, 0.3) is 0 Å². The number of carboxylic acid groups (broad SMARTS) is 1. The van der Waals surface area contributed by atoms with Crippen LogP contribution in [0.4, 0.5) is 40.8 Å². The number of rotatable bonds is 8. The van der Waals surface area contributed by atoms with Gasteiger partial charge in [0.1, 0.15) is 46.4 Å². The van der Waals surface area contributed by atoms with Crippen molar-refractivity contribution in [2.75, 3.05) is 5.32 Å². The van der Waals surface area contributed by atoms with Crippen molar-refractivity contribution in [2.45, 2.75) is 16.9 Å². The number of benzene rings is 6. The molecule has 0 aliphatic heterocycles. The van der Waals surface area contributed by atoms with Gasteiger partial charge in [0.2, 0.25) is 11.3 Å². The van der Waals surface area contributed by atoms with Crippen molar-refractivity contribution in [3.8, 4) is 0 Å². The molecule has 0 aromatic heterocycles. The number of halogens is 9. The molecule has 4 unspecified atom stereocenters. The molecule has 1 aliphatic rings. The van der Waals surface area contributed by atoms with Crippen molar-refractivity contribution in [1.82, 2.24) is 0 Å². The van der Waals surface area contributed by atoms with Crippen molar-refractivity contribution in [3.05, 3.63) is 206 Å². The molecule has 6 aromatic carbocycles. The Kier molecular flexibility index (Phi) is 9.82. The molecule has 0 spiro atoms. The van der Waals surface area contributed by atoms with Crippen molar-refractivity contribution < 1.29 is 45.0 Å². The number of hydrogen-bond donors (Lipinski definition) is 2. The summed E-state index contributed by atoms with van der Waals surface area (Å²) in [6.45, 7) is 0. The average molecular weight is 868 g/mol. The fourth-order valence-electron chi connectivity index (χ4n) is 7.81. The molecule has 0 fully saturated rings. The van der Waals surface area contributed by atoms with Crippen LogP contribution in [0.25, 0.3) is 11.1 Å². The number of anilines is 1. The van der Waals surface area contributed by atoms with Crippen LogP contribution in [-0.4, -0.2) is 11.1 Å². The molecule has 0 saturated heterocycles. The summed E-state index contributed by atoms with van der Waals surface area (Å²) in [5.41, 5.74) is -20.4. The van der Waals surface area contributed by atoms with Gasteiger partial charge in [0.15, 0.2) is 0 Å². The highest BCUT2D eigenvalue weighted by Crippen LogP contribution is 2.71. The largest absolute Gasteiger partial charge is 0.481 e. The van der Waals surface area contributed by atoms with Crippen molar-refractivity contribution >= 4 is 45.4 Å². The maximum absolute atomic E-state index is 20.4. The second-order valence-corrected chi connectivity index (χ2v) is 14.1. The summed E-state index contributed by atoms with van der Waals surface area (Å²) in [6, 6.07) is 23.2. The number of carboxylic acids is 1. The smallest absolute Gasteiger partial charge is 0.313 e. The molecule has 1 aliphatic carbocycles. The second kappa shape index (κ2) is 14.3. The van der Waals surface area contributed by atoms with Crippen molar-refractivity contribution in [1.29, 1.82) is 0 Å². The standard InChI is InChI=1S/C43H26F8INO2/c44-30-16-6-1-11-25(30)37-38(26-12-2-7-17-31(26)45)41(50,27-13-3-8-18-32(27)46)43(51,29-15-5-10-20-34(29)48)42(39(37)40(54)55,28-14-4-9-19-33(28)47)53-36-22-21-24(52)23-35(36)49/h1-23,39,53H,(H,54,55). The third-order valence-corrected chi connectivity index (χ3v) is 10.6. The predicted molar refractivity (Wildman–Crippen MR) is 200 cm³/mol. The van der Waals surface area contributed by atoms with Gasteiger partial charge in [0, 0.05) is 37.0 Å². The van der Waals surface area contributed by atoms with Crippen LogP contribution in [0.3, 0.4) is 0 Å². The molecule has 0 bridgehead atoms. The number of allylic oxidation sites excluding steroid dienone is 1. The fraction of sp³-hybridized carbons (Fsp3) is 0.0930. The molecular formula is C43H26F8INO2. The number of carbonyl (C=O) groups is 1. The lowest BCUT2D eigenvalue weighted by Crippen LogP contribution is -2.69. The first-order valence-corrected chi connectivity index (χ1v) is 17.7. The van der Waals surface area contributed by atoms with Gasteiger partial charge in [-0.3, -0.25) is 4.79 Å². The zero-order valence-electron chi connectivity index (χ0n) is 28.1. The first-order chi connectivity index (χ1) is 26.3. The van der Waals surface area contributed by atoms with E-state index in [1.807, 2.05) is 0 Å². The van der Waals surface area contributed by atoms with E-state index in [4.69, 9.17) is 0 Å². The molecule has 278 valence electrons. The van der Waals surface area contributed by atoms with E-state index in [-0.39, 0.29) is 0 Å². The van der Waals surface area contributed by atoms with Crippen LogP contribution in [-0.2, 0) is 21.7 Å². The van der Waals surface area contributed by atoms with E-state index in [0.717, 1.165) is 103 Å². The molecular weight excluding hydrogens is 841 g/mol. The van der Waals surface area contributed by atoms with E-state index in [1.54, 1.807) is 22.6 Å². The molecule has 3 nitrogen and oxygen atoms in total. The van der Waals surface area contributed by atoms with Crippen molar-refractivity contribution in [2.24, 2.45) is 5.92 Å². The normalized spacial score (nSPS) is 22.4. The highest BCUT2D eigenvalue weighted by molar-refractivity contribution is 14.1. The van der Waals surface area contributed by atoms with Crippen LogP contribution in [0.5, 0.6) is 0 Å². The summed E-state index contributed by atoms with van der Waals surface area (Å²) in [7, 11) is 0. The van der Waals surface area contributed by atoms with E-state index in [1.165, 1.54) is 30.3 Å². The fourth-order valence-corrected chi connectivity index (χ4v) is 8.27. The Hall–Kier alpha value is -5.50. The maximum Gasteiger partial charge on any atom is 0.313 e. The van der Waals surface area contributed by atoms with Gasteiger partial charge in [-0.05, 0) is 76.7 Å². The molecule has 6 aromatic rings. The summed E-state index contributed by atoms with van der Waals surface area (Å²) in [5.74, 6) is -12.9. The SMILES string of the molecule is O=C(O)C1C(c2ccccc2F)=C(c2ccccc2F)C(F)(c2ccccc2F)C(F)(c2ccccc2F)C1(Nc1ccc(I)cc1F)c1ccccc1F. The van der Waals surface area contributed by atoms with Crippen LogP contribution in [0.15, 0.2) is 140 Å². The minimum Gasteiger partial charge on any atom is -0.481 e. The molecule has 0 amide bonds. The first kappa shape index (κ1) is 37.8. The van der Waals surface area contributed by atoms with Crippen LogP contribution >= 0.6 is 22.6 Å². The first-order valence-electron chi connectivity index (χ1n) is 16.6. The van der Waals surface area contributed by atoms with Crippen LogP contribution in [0.2, 0.25) is 0 Å². The molecule has 0 heterocycles. The predicted octanol–water partition coefficient (Wildman–Crippen LogP) is 11.5. The van der Waals surface area contributed by atoms with Crippen molar-refractivity contribution in [3.63, 3.8) is 0 Å². The van der Waals surface area contributed by atoms with Gasteiger partial charge in [-0.15, -0.1) is 0 Å². The number of hydrogen-bond acceptors (Lipinski definition) is 2. The van der Waals surface area contributed by atoms with Gasteiger partial charge in [-0.2, -0.15) is 0 Å². The third-order valence-electron chi connectivity index (χ3n) is 9.96. The second-order valence-electron chi connectivity index (χ2n) is 12.8. The Morgan fingerprint density at radius 3 is 1.51 bits per heavy atom. The van der Waals surface area contributed by atoms with Crippen LogP contribution in [0.1, 0.15) is 27.8 Å². The molecule has 7 rings (SSSR count). The number of aliphatic carboxylic acids is 1. The highest BCUT2D eigenvalue weighted by atomic mass is 127. The quantitative estimate of drug-likeness (QED) is 0.118. The van der Waals surface area contributed by atoms with Gasteiger partial charge >= 0.3 is 5.97 Å². The molecule has 55 heavy (non-hydrogen) atoms. The monoisotopic (exact) mass is 867 g/mol. The maximum atomic E-state index is 20.4. The van der Waals surface area contributed by atoms with E-state index in [2.05, 4.69) is 5.32 Å². The van der Waals surface area contributed by atoms with Crippen LogP contribution < -0.4 is 5.32 Å². The van der Waals surface area contributed by atoms with E-state index in [0.29, 0.717) is 9.64 Å². The lowest BCUT2D eigenvalue weighted by atomic mass is 9.49. The summed E-state index contributed by atoms with van der Waals surface area (Å²) in [6.07, 6.45) is 0. The van der Waals surface area contributed by atoms with E-state index < -0.39 is 108 Å². The van der Waals surface area contributed by atoms with Gasteiger partial charge in [-0.25, -0.2) is 35.1 Å². The summed E-state index contributed by atoms with van der Waals surface area (Å²) >= 11 is 1.76. The zero-order valence-corrected chi connectivity index (χ0v) is 30.3. The minimum atomic E-state index is -4.44. The van der Waals surface area contributed by atoms with Gasteiger partial charge < -0.3 is 10.4 Å². The number of nitrogens with one attached hydrogen (secondary N) is 1.